The molecule has 1 amide bonds. The van der Waals surface area contributed by atoms with Gasteiger partial charge in [0.05, 0.1) is 10.9 Å². The first-order chi connectivity index (χ1) is 12.7. The largest absolute Gasteiger partial charge is 0.350 e. The molecule has 0 aliphatic rings. The molecule has 2 rings (SSSR count). The predicted octanol–water partition coefficient (Wildman–Crippen LogP) is 2.07. The number of sulfonamides is 1. The first-order valence-electron chi connectivity index (χ1n) is 8.40. The number of hydrogen-bond acceptors (Lipinski definition) is 4. The lowest BCUT2D eigenvalue weighted by molar-refractivity contribution is 0.0941. The van der Waals surface area contributed by atoms with Crippen LogP contribution in [0, 0.1) is 12.7 Å². The standard InChI is InChI=1S/C19H24FN3O3S/c1-13-8-9-16(27(25,26)21-2)11-17(13)19(24)22-12-18(23(3)4)14-6-5-7-15(20)10-14/h5-11,18,21H,12H2,1-4H3,(H,22,24)/t18-/m1/s1. The van der Waals surface area contributed by atoms with E-state index in [4.69, 9.17) is 0 Å². The molecular formula is C19H24FN3O3S. The van der Waals surface area contributed by atoms with Crippen LogP contribution in [0.3, 0.4) is 0 Å². The molecule has 0 aromatic heterocycles. The Morgan fingerprint density at radius 3 is 2.48 bits per heavy atom. The average molecular weight is 393 g/mol. The molecular weight excluding hydrogens is 369 g/mol. The van der Waals surface area contributed by atoms with E-state index in [0.717, 1.165) is 5.56 Å². The van der Waals surface area contributed by atoms with Crippen molar-refractivity contribution in [2.24, 2.45) is 0 Å². The van der Waals surface area contributed by atoms with Gasteiger partial charge in [-0.15, -0.1) is 0 Å². The summed E-state index contributed by atoms with van der Waals surface area (Å²) in [7, 11) is 1.35. The van der Waals surface area contributed by atoms with Gasteiger partial charge >= 0.3 is 0 Å². The van der Waals surface area contributed by atoms with Gasteiger partial charge in [-0.25, -0.2) is 17.5 Å². The van der Waals surface area contributed by atoms with Crippen LogP contribution in [0.5, 0.6) is 0 Å². The molecule has 0 saturated heterocycles. The molecule has 0 unspecified atom stereocenters. The van der Waals surface area contributed by atoms with Crippen LogP contribution in [0.1, 0.15) is 27.5 Å². The van der Waals surface area contributed by atoms with Gasteiger partial charge in [-0.1, -0.05) is 18.2 Å². The van der Waals surface area contributed by atoms with Crippen molar-refractivity contribution < 1.29 is 17.6 Å². The molecule has 8 heteroatoms. The SMILES string of the molecule is CNS(=O)(=O)c1ccc(C)c(C(=O)NC[C@H](c2cccc(F)c2)N(C)C)c1. The Bertz CT molecular complexity index is 930. The van der Waals surface area contributed by atoms with Gasteiger partial charge in [-0.3, -0.25) is 4.79 Å². The summed E-state index contributed by atoms with van der Waals surface area (Å²) in [4.78, 5) is 14.5. The van der Waals surface area contributed by atoms with Crippen molar-refractivity contribution in [2.45, 2.75) is 17.9 Å². The summed E-state index contributed by atoms with van der Waals surface area (Å²) in [5.74, 6) is -0.726. The van der Waals surface area contributed by atoms with E-state index in [9.17, 15) is 17.6 Å². The summed E-state index contributed by atoms with van der Waals surface area (Å²) in [6.45, 7) is 1.98. The fourth-order valence-electron chi connectivity index (χ4n) is 2.73. The lowest BCUT2D eigenvalue weighted by atomic mass is 10.0. The van der Waals surface area contributed by atoms with Gasteiger partial charge in [0, 0.05) is 12.1 Å². The van der Waals surface area contributed by atoms with Crippen molar-refractivity contribution in [1.29, 1.82) is 0 Å². The molecule has 1 atom stereocenters. The zero-order valence-corrected chi connectivity index (χ0v) is 16.6. The monoisotopic (exact) mass is 393 g/mol. The highest BCUT2D eigenvalue weighted by molar-refractivity contribution is 7.89. The fraction of sp³-hybridized carbons (Fsp3) is 0.316. The van der Waals surface area contributed by atoms with Crippen LogP contribution in [0.4, 0.5) is 4.39 Å². The third-order valence-electron chi connectivity index (χ3n) is 4.35. The maximum atomic E-state index is 13.5. The van der Waals surface area contributed by atoms with Gasteiger partial charge < -0.3 is 10.2 Å². The van der Waals surface area contributed by atoms with Crippen molar-refractivity contribution in [3.05, 3.63) is 65.0 Å². The van der Waals surface area contributed by atoms with Crippen molar-refractivity contribution in [3.63, 3.8) is 0 Å². The molecule has 0 spiro atoms. The summed E-state index contributed by atoms with van der Waals surface area (Å²) in [5.41, 5.74) is 1.68. The van der Waals surface area contributed by atoms with Gasteiger partial charge in [-0.2, -0.15) is 0 Å². The number of hydrogen-bond donors (Lipinski definition) is 2. The van der Waals surface area contributed by atoms with E-state index in [1.54, 1.807) is 25.1 Å². The second kappa shape index (κ2) is 8.60. The Morgan fingerprint density at radius 2 is 1.89 bits per heavy atom. The zero-order chi connectivity index (χ0) is 20.2. The third-order valence-corrected chi connectivity index (χ3v) is 5.76. The third kappa shape index (κ3) is 5.12. The number of carbonyl (C=O) groups excluding carboxylic acids is 1. The van der Waals surface area contributed by atoms with Gasteiger partial charge in [0.25, 0.3) is 5.91 Å². The Hall–Kier alpha value is -2.29. The Kier molecular flexibility index (Phi) is 6.69. The minimum Gasteiger partial charge on any atom is -0.350 e. The Balaban J connectivity index is 2.22. The molecule has 2 N–H and O–H groups in total. The van der Waals surface area contributed by atoms with Crippen molar-refractivity contribution in [1.82, 2.24) is 14.9 Å². The van der Waals surface area contributed by atoms with Gasteiger partial charge in [-0.05, 0) is 63.5 Å². The minimum absolute atomic E-state index is 0.0232. The van der Waals surface area contributed by atoms with E-state index in [0.29, 0.717) is 5.56 Å². The highest BCUT2D eigenvalue weighted by atomic mass is 32.2. The molecule has 0 radical (unpaired) electrons. The molecule has 0 fully saturated rings. The summed E-state index contributed by atoms with van der Waals surface area (Å²) < 4.78 is 39.7. The maximum absolute atomic E-state index is 13.5. The van der Waals surface area contributed by atoms with Crippen LogP contribution >= 0.6 is 0 Å². The van der Waals surface area contributed by atoms with Crippen LogP contribution in [-0.2, 0) is 10.0 Å². The van der Waals surface area contributed by atoms with Gasteiger partial charge in [0.15, 0.2) is 0 Å². The number of nitrogens with one attached hydrogen (secondary N) is 2. The Morgan fingerprint density at radius 1 is 1.19 bits per heavy atom. The number of likely N-dealkylation sites (N-methyl/N-ethyl adjacent to an activating group) is 1. The van der Waals surface area contributed by atoms with Crippen LogP contribution in [0.2, 0.25) is 0 Å². The number of rotatable bonds is 7. The molecule has 6 nitrogen and oxygen atoms in total. The van der Waals surface area contributed by atoms with Crippen LogP contribution in [-0.4, -0.2) is 46.9 Å². The molecule has 0 saturated carbocycles. The highest BCUT2D eigenvalue weighted by Crippen LogP contribution is 2.19. The smallest absolute Gasteiger partial charge is 0.251 e. The normalized spacial score (nSPS) is 12.8. The Labute approximate surface area is 159 Å². The molecule has 2 aromatic rings. The number of benzene rings is 2. The van der Waals surface area contributed by atoms with Crippen molar-refractivity contribution in [3.8, 4) is 0 Å². The first kappa shape index (κ1) is 21.0. The summed E-state index contributed by atoms with van der Waals surface area (Å²) in [6, 6.07) is 10.4. The van der Waals surface area contributed by atoms with Gasteiger partial charge in [0.1, 0.15) is 5.82 Å². The number of aryl methyl sites for hydroxylation is 1. The summed E-state index contributed by atoms with van der Waals surface area (Å²) in [6.07, 6.45) is 0. The van der Waals surface area contributed by atoms with E-state index in [1.807, 2.05) is 19.0 Å². The number of nitrogens with zero attached hydrogens (tertiary/aromatic N) is 1. The van der Waals surface area contributed by atoms with Crippen LogP contribution < -0.4 is 10.0 Å². The topological polar surface area (TPSA) is 78.5 Å². The highest BCUT2D eigenvalue weighted by Gasteiger charge is 2.19. The van der Waals surface area contributed by atoms with Gasteiger partial charge in [0.2, 0.25) is 10.0 Å². The van der Waals surface area contributed by atoms with Crippen molar-refractivity contribution >= 4 is 15.9 Å². The zero-order valence-electron chi connectivity index (χ0n) is 15.8. The number of amides is 1. The van der Waals surface area contributed by atoms with Crippen LogP contribution in [0.15, 0.2) is 47.4 Å². The van der Waals surface area contributed by atoms with E-state index in [2.05, 4.69) is 10.0 Å². The lowest BCUT2D eigenvalue weighted by Gasteiger charge is -2.25. The minimum atomic E-state index is -3.64. The van der Waals surface area contributed by atoms with E-state index in [-0.39, 0.29) is 34.8 Å². The lowest BCUT2D eigenvalue weighted by Crippen LogP contribution is -2.35. The van der Waals surface area contributed by atoms with Crippen molar-refractivity contribution in [2.75, 3.05) is 27.7 Å². The maximum Gasteiger partial charge on any atom is 0.251 e. The first-order valence-corrected chi connectivity index (χ1v) is 9.88. The number of carbonyl (C=O) groups is 1. The average Bonchev–Trinajstić information content (AvgIpc) is 2.61. The van der Waals surface area contributed by atoms with E-state index in [1.165, 1.54) is 31.3 Å². The van der Waals surface area contributed by atoms with E-state index < -0.39 is 10.0 Å². The second-order valence-corrected chi connectivity index (χ2v) is 8.32. The molecule has 146 valence electrons. The molecule has 0 aliphatic carbocycles. The second-order valence-electron chi connectivity index (χ2n) is 6.43. The fourth-order valence-corrected chi connectivity index (χ4v) is 3.48. The molecule has 27 heavy (non-hydrogen) atoms. The predicted molar refractivity (Wildman–Crippen MR) is 103 cm³/mol. The molecule has 0 heterocycles. The summed E-state index contributed by atoms with van der Waals surface area (Å²) >= 11 is 0. The molecule has 0 bridgehead atoms. The quantitative estimate of drug-likeness (QED) is 0.755. The van der Waals surface area contributed by atoms with E-state index >= 15 is 0 Å². The molecule has 0 aliphatic heterocycles. The van der Waals surface area contributed by atoms with Crippen LogP contribution in [0.25, 0.3) is 0 Å². The molecule has 2 aromatic carbocycles. The number of halogens is 1. The summed E-state index contributed by atoms with van der Waals surface area (Å²) in [5, 5.41) is 2.82.